The number of aromatic nitrogens is 4. The Hall–Kier alpha value is -1.97. The summed E-state index contributed by atoms with van der Waals surface area (Å²) in [5.74, 6) is 1.29. The lowest BCUT2D eigenvalue weighted by Gasteiger charge is -2.38. The van der Waals surface area contributed by atoms with Crippen molar-refractivity contribution in [3.05, 3.63) is 39.1 Å². The van der Waals surface area contributed by atoms with Gasteiger partial charge in [0.05, 0.1) is 17.1 Å². The van der Waals surface area contributed by atoms with Crippen LogP contribution in [0, 0.1) is 0 Å². The molecule has 1 aliphatic rings. The van der Waals surface area contributed by atoms with Crippen molar-refractivity contribution in [2.24, 2.45) is 0 Å². The van der Waals surface area contributed by atoms with Crippen molar-refractivity contribution in [1.29, 1.82) is 0 Å². The van der Waals surface area contributed by atoms with Crippen molar-refractivity contribution in [1.82, 2.24) is 19.6 Å². The molecule has 3 aromatic rings. The quantitative estimate of drug-likeness (QED) is 0.378. The van der Waals surface area contributed by atoms with Gasteiger partial charge in [0.1, 0.15) is 21.6 Å². The van der Waals surface area contributed by atoms with Crippen LogP contribution in [0.25, 0.3) is 5.65 Å². The van der Waals surface area contributed by atoms with Crippen LogP contribution in [-0.2, 0) is 9.90 Å². The predicted molar refractivity (Wildman–Crippen MR) is 132 cm³/mol. The van der Waals surface area contributed by atoms with E-state index in [0.29, 0.717) is 32.8 Å². The van der Waals surface area contributed by atoms with Gasteiger partial charge in [-0.05, 0) is 46.5 Å². The highest BCUT2D eigenvalue weighted by atomic mass is 35.5. The zero-order valence-corrected chi connectivity index (χ0v) is 23.2. The molecule has 0 aromatic carbocycles. The highest BCUT2D eigenvalue weighted by Gasteiger charge is 2.41. The lowest BCUT2D eigenvalue weighted by Crippen LogP contribution is -2.51. The molecule has 1 saturated carbocycles. The Kier molecular flexibility index (Phi) is 5.88. The van der Waals surface area contributed by atoms with Gasteiger partial charge in [-0.3, -0.25) is 4.90 Å². The van der Waals surface area contributed by atoms with Crippen molar-refractivity contribution in [3.8, 4) is 0 Å². The summed E-state index contributed by atoms with van der Waals surface area (Å²) in [6, 6.07) is 1.68. The van der Waals surface area contributed by atoms with E-state index in [4.69, 9.17) is 21.3 Å². The maximum atomic E-state index is 13.6. The molecule has 7 nitrogen and oxygen atoms in total. The van der Waals surface area contributed by atoms with E-state index in [2.05, 4.69) is 29.3 Å². The lowest BCUT2D eigenvalue weighted by atomic mass is 10.1. The summed E-state index contributed by atoms with van der Waals surface area (Å²) in [4.78, 5) is 24.7. The second-order valence-electron chi connectivity index (χ2n) is 10.2. The van der Waals surface area contributed by atoms with Gasteiger partial charge in [0.15, 0.2) is 5.65 Å². The van der Waals surface area contributed by atoms with Crippen molar-refractivity contribution < 1.29 is 9.53 Å². The van der Waals surface area contributed by atoms with Gasteiger partial charge < -0.3 is 4.74 Å². The lowest BCUT2D eigenvalue weighted by molar-refractivity contribution is 0.0557. The topological polar surface area (TPSA) is 72.6 Å². The van der Waals surface area contributed by atoms with Crippen LogP contribution in [0.5, 0.6) is 0 Å². The third-order valence-corrected chi connectivity index (χ3v) is 8.13. The van der Waals surface area contributed by atoms with Crippen molar-refractivity contribution in [3.63, 3.8) is 0 Å². The fraction of sp³-hybridized carbons (Fsp3) is 0.545. The van der Waals surface area contributed by atoms with Gasteiger partial charge in [-0.25, -0.2) is 14.8 Å². The average molecular weight is 492 g/mol. The number of thiazole rings is 1. The number of anilines is 1. The zero-order chi connectivity index (χ0) is 23.4. The van der Waals surface area contributed by atoms with Crippen LogP contribution in [0.15, 0.2) is 17.6 Å². The van der Waals surface area contributed by atoms with Crippen LogP contribution in [0.2, 0.25) is 5.15 Å². The first-order valence-electron chi connectivity index (χ1n) is 10.9. The van der Waals surface area contributed by atoms with Crippen LogP contribution in [0.1, 0.15) is 82.5 Å². The number of hydrogen-bond donors (Lipinski definition) is 0. The van der Waals surface area contributed by atoms with Crippen molar-refractivity contribution >= 4 is 50.7 Å². The summed E-state index contributed by atoms with van der Waals surface area (Å²) >= 11 is 8.06. The molecule has 0 aliphatic heterocycles. The Labute approximate surface area is 200 Å². The molecule has 3 heterocycles. The molecular weight excluding hydrogens is 462 g/mol. The summed E-state index contributed by atoms with van der Waals surface area (Å²) < 4.78 is 7.54. The second-order valence-corrected chi connectivity index (χ2v) is 13.3. The Morgan fingerprint density at radius 2 is 2.00 bits per heavy atom. The Bertz CT molecular complexity index is 1160. The summed E-state index contributed by atoms with van der Waals surface area (Å²) in [7, 11) is 0.618. The van der Waals surface area contributed by atoms with E-state index in [9.17, 15) is 4.79 Å². The monoisotopic (exact) mass is 491 g/mol. The molecule has 0 spiro atoms. The Morgan fingerprint density at radius 1 is 1.31 bits per heavy atom. The van der Waals surface area contributed by atoms with Gasteiger partial charge >= 0.3 is 6.09 Å². The van der Waals surface area contributed by atoms with Crippen LogP contribution in [-0.4, -0.2) is 41.5 Å². The summed E-state index contributed by atoms with van der Waals surface area (Å²) in [5, 5.41) is 7.23. The molecule has 1 amide bonds. The third-order valence-electron chi connectivity index (χ3n) is 5.48. The molecule has 0 N–H and O–H groups in total. The number of hydrogen-bond acceptors (Lipinski definition) is 6. The fourth-order valence-corrected chi connectivity index (χ4v) is 5.72. The molecule has 0 saturated heterocycles. The first kappa shape index (κ1) is 23.2. The normalized spacial score (nSPS) is 16.5. The maximum absolute atomic E-state index is 13.6. The number of carbonyl (C=O) groups excluding carboxylic acids is 1. The highest BCUT2D eigenvalue weighted by Crippen LogP contribution is 2.42. The smallest absolute Gasteiger partial charge is 0.416 e. The number of nitrogens with zero attached hydrogens (tertiary/aromatic N) is 5. The first-order valence-corrected chi connectivity index (χ1v) is 13.2. The van der Waals surface area contributed by atoms with Crippen LogP contribution < -0.4 is 4.90 Å². The van der Waals surface area contributed by atoms with Crippen molar-refractivity contribution in [2.45, 2.75) is 77.0 Å². The molecule has 10 heteroatoms. The van der Waals surface area contributed by atoms with Crippen LogP contribution >= 0.6 is 22.9 Å². The maximum Gasteiger partial charge on any atom is 0.416 e. The minimum Gasteiger partial charge on any atom is -0.443 e. The minimum absolute atomic E-state index is 0.212. The van der Waals surface area contributed by atoms with E-state index in [1.165, 1.54) is 12.8 Å². The summed E-state index contributed by atoms with van der Waals surface area (Å²) in [6.45, 7) is 11.8. The summed E-state index contributed by atoms with van der Waals surface area (Å²) in [5.41, 5.74) is 2.08. The van der Waals surface area contributed by atoms with Crippen LogP contribution in [0.3, 0.4) is 0 Å². The van der Waals surface area contributed by atoms with Crippen molar-refractivity contribution in [2.75, 3.05) is 4.90 Å². The highest BCUT2D eigenvalue weighted by molar-refractivity contribution is 7.10. The number of carbonyl (C=O) groups is 1. The average Bonchev–Trinajstić information content (AvgIpc) is 3.21. The Balaban J connectivity index is 1.89. The molecule has 1 unspecified atom stereocenters. The molecule has 0 radical (unpaired) electrons. The third kappa shape index (κ3) is 4.42. The van der Waals surface area contributed by atoms with Gasteiger partial charge in [0.2, 0.25) is 0 Å². The van der Waals surface area contributed by atoms with E-state index in [0.717, 1.165) is 16.3 Å². The van der Waals surface area contributed by atoms with E-state index in [1.54, 1.807) is 33.0 Å². The van der Waals surface area contributed by atoms with E-state index < -0.39 is 16.9 Å². The Morgan fingerprint density at radius 3 is 2.59 bits per heavy atom. The SMILES string of the molecule is CC(C)c1cnn2c(N(C(=O)OC(C)(C)C)C(C)([SiH3])c3nc(C4CC4)cs3)cc(Cl)nc12. The van der Waals surface area contributed by atoms with E-state index in [-0.39, 0.29) is 5.92 Å². The molecule has 172 valence electrons. The van der Waals surface area contributed by atoms with Gasteiger partial charge in [0.25, 0.3) is 0 Å². The molecular formula is C22H30ClN5O2SSi. The van der Waals surface area contributed by atoms with Gasteiger partial charge in [-0.1, -0.05) is 25.4 Å². The molecule has 0 bridgehead atoms. The van der Waals surface area contributed by atoms with Gasteiger partial charge in [-0.15, -0.1) is 11.3 Å². The molecule has 3 aromatic heterocycles. The minimum atomic E-state index is -0.665. The molecule has 32 heavy (non-hydrogen) atoms. The van der Waals surface area contributed by atoms with Crippen LogP contribution in [0.4, 0.5) is 10.6 Å². The number of fused-ring (bicyclic) bond motifs is 1. The van der Waals surface area contributed by atoms with E-state index in [1.807, 2.05) is 27.7 Å². The molecule has 1 fully saturated rings. The number of ether oxygens (including phenoxy) is 1. The number of rotatable bonds is 5. The van der Waals surface area contributed by atoms with Gasteiger partial charge in [-0.2, -0.15) is 9.61 Å². The first-order chi connectivity index (χ1) is 14.9. The number of halogens is 1. The van der Waals surface area contributed by atoms with E-state index >= 15 is 0 Å². The molecule has 1 aliphatic carbocycles. The fourth-order valence-electron chi connectivity index (χ4n) is 3.65. The molecule has 4 rings (SSSR count). The van der Waals surface area contributed by atoms with Gasteiger partial charge in [0, 0.05) is 33.2 Å². The second kappa shape index (κ2) is 8.11. The summed E-state index contributed by atoms with van der Waals surface area (Å²) in [6.07, 6.45) is 3.70. The predicted octanol–water partition coefficient (Wildman–Crippen LogP) is 4.82. The standard InChI is InChI=1S/C22H30ClN5O2SSi/c1-12(2)14-10-24-28-17(9-16(23)26-18(14)28)27(20(29)30-21(3,4)5)22(6,32)19-25-15(11-31-19)13-7-8-13/h9-13H,7-8H2,1-6,32H3. The largest absolute Gasteiger partial charge is 0.443 e. The number of amides is 1. The molecule has 1 atom stereocenters. The zero-order valence-electron chi connectivity index (χ0n) is 19.6.